The molecule has 2 amide bonds. The Kier molecular flexibility index (Phi) is 4.51. The van der Waals surface area contributed by atoms with Crippen LogP contribution in [-0.4, -0.2) is 30.2 Å². The molecule has 0 bridgehead atoms. The normalized spacial score (nSPS) is 11.6. The molecule has 17 heavy (non-hydrogen) atoms. The quantitative estimate of drug-likeness (QED) is 0.835. The van der Waals surface area contributed by atoms with Gasteiger partial charge in [0, 0.05) is 12.7 Å². The van der Waals surface area contributed by atoms with Gasteiger partial charge in [-0.15, -0.1) is 0 Å². The maximum absolute atomic E-state index is 11.8. The smallest absolute Gasteiger partial charge is 0.326 e. The summed E-state index contributed by atoms with van der Waals surface area (Å²) in [6, 6.07) is 7.75. The van der Waals surface area contributed by atoms with E-state index in [-0.39, 0.29) is 0 Å². The van der Waals surface area contributed by atoms with Crippen molar-refractivity contribution >= 4 is 17.7 Å². The van der Waals surface area contributed by atoms with Crippen molar-refractivity contribution in [3.63, 3.8) is 0 Å². The summed E-state index contributed by atoms with van der Waals surface area (Å²) in [6.07, 6.45) is 0.351. The predicted octanol–water partition coefficient (Wildman–Crippen LogP) is 1.70. The van der Waals surface area contributed by atoms with E-state index in [0.29, 0.717) is 12.1 Å². The molecule has 0 radical (unpaired) electrons. The molecule has 0 aromatic heterocycles. The van der Waals surface area contributed by atoms with Crippen LogP contribution in [0.4, 0.5) is 10.5 Å². The van der Waals surface area contributed by atoms with Crippen molar-refractivity contribution in [3.05, 3.63) is 30.3 Å². The van der Waals surface area contributed by atoms with Crippen LogP contribution in [0.3, 0.4) is 0 Å². The first-order valence-electron chi connectivity index (χ1n) is 5.38. The van der Waals surface area contributed by atoms with Crippen LogP contribution in [0.15, 0.2) is 30.3 Å². The number of amides is 2. The third-order valence-corrected chi connectivity index (χ3v) is 2.45. The summed E-state index contributed by atoms with van der Waals surface area (Å²) < 4.78 is 0. The monoisotopic (exact) mass is 236 g/mol. The van der Waals surface area contributed by atoms with Gasteiger partial charge in [-0.2, -0.15) is 0 Å². The number of carbonyl (C=O) groups excluding carboxylic acids is 1. The van der Waals surface area contributed by atoms with Crippen molar-refractivity contribution in [2.24, 2.45) is 0 Å². The molecule has 0 aliphatic carbocycles. The summed E-state index contributed by atoms with van der Waals surface area (Å²) in [4.78, 5) is 23.9. The second kappa shape index (κ2) is 5.89. The third-order valence-electron chi connectivity index (χ3n) is 2.45. The molecule has 1 rings (SSSR count). The average molecular weight is 236 g/mol. The summed E-state index contributed by atoms with van der Waals surface area (Å²) in [7, 11) is 1.60. The second-order valence-corrected chi connectivity index (χ2v) is 3.64. The van der Waals surface area contributed by atoms with Gasteiger partial charge in [0.15, 0.2) is 0 Å². The number of para-hydroxylation sites is 1. The zero-order valence-corrected chi connectivity index (χ0v) is 9.88. The number of nitrogens with one attached hydrogen (secondary N) is 1. The van der Waals surface area contributed by atoms with Crippen molar-refractivity contribution in [3.8, 4) is 0 Å². The SMILES string of the molecule is CC[C@@H](NC(=O)N(C)c1ccccc1)C(=O)O. The van der Waals surface area contributed by atoms with Gasteiger partial charge in [-0.1, -0.05) is 25.1 Å². The van der Waals surface area contributed by atoms with Gasteiger partial charge in [0.1, 0.15) is 6.04 Å². The maximum atomic E-state index is 11.8. The van der Waals surface area contributed by atoms with Crippen molar-refractivity contribution in [2.75, 3.05) is 11.9 Å². The summed E-state index contributed by atoms with van der Waals surface area (Å²) in [6.45, 7) is 1.71. The molecule has 0 saturated heterocycles. The number of rotatable bonds is 4. The van der Waals surface area contributed by atoms with Crippen molar-refractivity contribution < 1.29 is 14.7 Å². The summed E-state index contributed by atoms with van der Waals surface area (Å²) >= 11 is 0. The Morgan fingerprint density at radius 1 is 1.35 bits per heavy atom. The molecule has 1 aromatic rings. The first-order valence-corrected chi connectivity index (χ1v) is 5.38. The number of hydrogen-bond donors (Lipinski definition) is 2. The van der Waals surface area contributed by atoms with Gasteiger partial charge in [-0.05, 0) is 18.6 Å². The van der Waals surface area contributed by atoms with Gasteiger partial charge in [-0.3, -0.25) is 4.90 Å². The van der Waals surface area contributed by atoms with Gasteiger partial charge >= 0.3 is 12.0 Å². The van der Waals surface area contributed by atoms with Crippen LogP contribution in [0.5, 0.6) is 0 Å². The van der Waals surface area contributed by atoms with Crippen LogP contribution in [0.1, 0.15) is 13.3 Å². The minimum Gasteiger partial charge on any atom is -0.480 e. The average Bonchev–Trinajstić information content (AvgIpc) is 2.35. The number of carboxylic acids is 1. The lowest BCUT2D eigenvalue weighted by Gasteiger charge is -2.20. The van der Waals surface area contributed by atoms with E-state index in [1.807, 2.05) is 18.2 Å². The molecule has 92 valence electrons. The highest BCUT2D eigenvalue weighted by molar-refractivity contribution is 5.93. The van der Waals surface area contributed by atoms with Gasteiger partial charge in [0.05, 0.1) is 0 Å². The zero-order chi connectivity index (χ0) is 12.8. The molecule has 5 nitrogen and oxygen atoms in total. The largest absolute Gasteiger partial charge is 0.480 e. The molecule has 0 unspecified atom stereocenters. The van der Waals surface area contributed by atoms with Crippen LogP contribution >= 0.6 is 0 Å². The number of urea groups is 1. The van der Waals surface area contributed by atoms with E-state index >= 15 is 0 Å². The molecular weight excluding hydrogens is 220 g/mol. The predicted molar refractivity (Wildman–Crippen MR) is 65.1 cm³/mol. The van der Waals surface area contributed by atoms with Crippen molar-refractivity contribution in [1.82, 2.24) is 5.32 Å². The van der Waals surface area contributed by atoms with Crippen LogP contribution in [0.2, 0.25) is 0 Å². The Hall–Kier alpha value is -2.04. The van der Waals surface area contributed by atoms with E-state index in [0.717, 1.165) is 0 Å². The van der Waals surface area contributed by atoms with Gasteiger partial charge < -0.3 is 10.4 Å². The minimum absolute atomic E-state index is 0.351. The number of hydrogen-bond acceptors (Lipinski definition) is 2. The number of anilines is 1. The van der Waals surface area contributed by atoms with E-state index in [4.69, 9.17) is 5.11 Å². The van der Waals surface area contributed by atoms with Crippen LogP contribution in [0, 0.1) is 0 Å². The molecule has 0 spiro atoms. The Morgan fingerprint density at radius 2 is 1.94 bits per heavy atom. The molecule has 1 atom stereocenters. The fourth-order valence-corrected chi connectivity index (χ4v) is 1.35. The first-order chi connectivity index (χ1) is 8.06. The molecular formula is C12H16N2O3. The molecule has 5 heteroatoms. The zero-order valence-electron chi connectivity index (χ0n) is 9.88. The Labute approximate surface area is 100 Å². The highest BCUT2D eigenvalue weighted by atomic mass is 16.4. The van der Waals surface area contributed by atoms with Crippen LogP contribution in [0.25, 0.3) is 0 Å². The van der Waals surface area contributed by atoms with E-state index in [2.05, 4.69) is 5.32 Å². The molecule has 0 aliphatic heterocycles. The lowest BCUT2D eigenvalue weighted by Crippen LogP contribution is -2.46. The molecule has 1 aromatic carbocycles. The third kappa shape index (κ3) is 3.48. The fraction of sp³-hybridized carbons (Fsp3) is 0.333. The molecule has 2 N–H and O–H groups in total. The van der Waals surface area contributed by atoms with E-state index in [9.17, 15) is 9.59 Å². The topological polar surface area (TPSA) is 69.6 Å². The van der Waals surface area contributed by atoms with E-state index < -0.39 is 18.0 Å². The minimum atomic E-state index is -1.03. The Bertz CT molecular complexity index is 392. The summed E-state index contributed by atoms with van der Waals surface area (Å²) in [5, 5.41) is 11.3. The van der Waals surface area contributed by atoms with Crippen molar-refractivity contribution in [2.45, 2.75) is 19.4 Å². The maximum Gasteiger partial charge on any atom is 0.326 e. The van der Waals surface area contributed by atoms with E-state index in [1.165, 1.54) is 4.90 Å². The molecule has 0 aliphatic rings. The lowest BCUT2D eigenvalue weighted by molar-refractivity contribution is -0.139. The summed E-state index contributed by atoms with van der Waals surface area (Å²) in [5.74, 6) is -1.03. The summed E-state index contributed by atoms with van der Waals surface area (Å²) in [5.41, 5.74) is 0.713. The molecule has 0 fully saturated rings. The highest BCUT2D eigenvalue weighted by Gasteiger charge is 2.20. The number of benzene rings is 1. The van der Waals surface area contributed by atoms with Gasteiger partial charge in [-0.25, -0.2) is 9.59 Å². The fourth-order valence-electron chi connectivity index (χ4n) is 1.35. The number of aliphatic carboxylic acids is 1. The molecule has 0 heterocycles. The first kappa shape index (κ1) is 13.0. The standard InChI is InChI=1S/C12H16N2O3/c1-3-10(11(15)16)13-12(17)14(2)9-7-5-4-6-8-9/h4-8,10H,3H2,1-2H3,(H,13,17)(H,15,16)/t10-/m1/s1. The Balaban J connectivity index is 2.68. The number of carbonyl (C=O) groups is 2. The van der Waals surface area contributed by atoms with Crippen LogP contribution < -0.4 is 10.2 Å². The highest BCUT2D eigenvalue weighted by Crippen LogP contribution is 2.11. The Morgan fingerprint density at radius 3 is 2.41 bits per heavy atom. The number of carboxylic acid groups (broad SMARTS) is 1. The molecule has 0 saturated carbocycles. The lowest BCUT2D eigenvalue weighted by atomic mass is 10.2. The van der Waals surface area contributed by atoms with Crippen LogP contribution in [-0.2, 0) is 4.79 Å². The van der Waals surface area contributed by atoms with Gasteiger partial charge in [0.2, 0.25) is 0 Å². The number of nitrogens with zero attached hydrogens (tertiary/aromatic N) is 1. The van der Waals surface area contributed by atoms with Crippen molar-refractivity contribution in [1.29, 1.82) is 0 Å². The van der Waals surface area contributed by atoms with Gasteiger partial charge in [0.25, 0.3) is 0 Å². The second-order valence-electron chi connectivity index (χ2n) is 3.64. The van der Waals surface area contributed by atoms with E-state index in [1.54, 1.807) is 26.1 Å².